The fourth-order valence-corrected chi connectivity index (χ4v) is 4.12. The van der Waals surface area contributed by atoms with Crippen molar-refractivity contribution < 1.29 is 13.9 Å². The van der Waals surface area contributed by atoms with E-state index in [1.165, 1.54) is 0 Å². The maximum Gasteiger partial charge on any atom is 0.192 e. The second-order valence-corrected chi connectivity index (χ2v) is 13.6. The minimum atomic E-state index is -1.70. The van der Waals surface area contributed by atoms with Crippen LogP contribution in [0, 0.1) is 0 Å². The van der Waals surface area contributed by atoms with Crippen molar-refractivity contribution in [3.63, 3.8) is 0 Å². The highest BCUT2D eigenvalue weighted by molar-refractivity contribution is 6.74. The number of hydrogen-bond donors (Lipinski definition) is 0. The summed E-state index contributed by atoms with van der Waals surface area (Å²) in [5.74, 6) is -0.510. The molecule has 3 nitrogen and oxygen atoms in total. The van der Waals surface area contributed by atoms with Crippen molar-refractivity contribution in [3.8, 4) is 0 Å². The van der Waals surface area contributed by atoms with E-state index >= 15 is 0 Å². The molecule has 0 spiro atoms. The Kier molecular flexibility index (Phi) is 7.48. The van der Waals surface area contributed by atoms with Crippen molar-refractivity contribution in [3.05, 3.63) is 24.8 Å². The Morgan fingerprint density at radius 3 is 2.42 bits per heavy atom. The van der Waals surface area contributed by atoms with Gasteiger partial charge in [-0.3, -0.25) is 0 Å². The lowest BCUT2D eigenvalue weighted by molar-refractivity contribution is -0.143. The molecule has 0 aromatic rings. The van der Waals surface area contributed by atoms with Crippen LogP contribution in [0.4, 0.5) is 0 Å². The third-order valence-electron chi connectivity index (χ3n) is 4.97. The molecule has 24 heavy (non-hydrogen) atoms. The van der Waals surface area contributed by atoms with Crippen molar-refractivity contribution in [2.24, 2.45) is 0 Å². The minimum absolute atomic E-state index is 0.0139. The Morgan fingerprint density at radius 1 is 1.25 bits per heavy atom. The van der Waals surface area contributed by atoms with E-state index in [9.17, 15) is 0 Å². The van der Waals surface area contributed by atoms with Gasteiger partial charge in [0.15, 0.2) is 14.1 Å². The van der Waals surface area contributed by atoms with E-state index in [-0.39, 0.29) is 23.4 Å². The monoisotopic (exact) mass is 354 g/mol. The second kappa shape index (κ2) is 8.30. The van der Waals surface area contributed by atoms with Gasteiger partial charge in [-0.25, -0.2) is 0 Å². The molecule has 0 amide bonds. The molecule has 140 valence electrons. The van der Waals surface area contributed by atoms with Crippen LogP contribution >= 0.6 is 0 Å². The van der Waals surface area contributed by atoms with E-state index in [1.807, 2.05) is 19.9 Å². The zero-order chi connectivity index (χ0) is 18.6. The van der Waals surface area contributed by atoms with Gasteiger partial charge in [-0.1, -0.05) is 39.0 Å². The summed E-state index contributed by atoms with van der Waals surface area (Å²) >= 11 is 0. The molecule has 1 aliphatic heterocycles. The Labute approximate surface area is 150 Å². The summed E-state index contributed by atoms with van der Waals surface area (Å²) in [6.07, 6.45) is 9.40. The Morgan fingerprint density at radius 2 is 1.88 bits per heavy atom. The first-order valence-corrected chi connectivity index (χ1v) is 12.1. The Bertz CT molecular complexity index is 435. The van der Waals surface area contributed by atoms with Crippen molar-refractivity contribution in [2.45, 2.75) is 103 Å². The lowest BCUT2D eigenvalue weighted by Crippen LogP contribution is -2.43. The fraction of sp³-hybridized carbons (Fsp3) is 0.800. The standard InChI is InChI=1S/C20H38O3Si/c1-10-11-14-17-18(22-20(6,7)21-17)15-12-13-16(2)23-24(8,9)19(3,4)5/h10,12,15-18H,1,11,13-14H2,2-9H3/b15-12+/t16-,17-,18+/m0/s1. The topological polar surface area (TPSA) is 27.7 Å². The number of ether oxygens (including phenoxy) is 2. The summed E-state index contributed by atoms with van der Waals surface area (Å²) in [5.41, 5.74) is 0. The normalized spacial score (nSPS) is 26.0. The zero-order valence-corrected chi connectivity index (χ0v) is 18.0. The average Bonchev–Trinajstić information content (AvgIpc) is 2.69. The van der Waals surface area contributed by atoms with Gasteiger partial charge in [-0.2, -0.15) is 0 Å². The quantitative estimate of drug-likeness (QED) is 0.405. The van der Waals surface area contributed by atoms with E-state index in [0.29, 0.717) is 0 Å². The first-order chi connectivity index (χ1) is 10.9. The van der Waals surface area contributed by atoms with Crippen LogP contribution in [0.1, 0.15) is 60.8 Å². The van der Waals surface area contributed by atoms with E-state index in [4.69, 9.17) is 13.9 Å². The highest BCUT2D eigenvalue weighted by Gasteiger charge is 2.40. The maximum absolute atomic E-state index is 6.40. The van der Waals surface area contributed by atoms with Crippen molar-refractivity contribution in [1.29, 1.82) is 0 Å². The Balaban J connectivity index is 2.57. The van der Waals surface area contributed by atoms with Gasteiger partial charge in [0.2, 0.25) is 0 Å². The molecule has 1 aliphatic rings. The molecule has 0 bridgehead atoms. The predicted molar refractivity (Wildman–Crippen MR) is 105 cm³/mol. The molecule has 1 saturated heterocycles. The van der Waals surface area contributed by atoms with Gasteiger partial charge in [0, 0.05) is 6.10 Å². The molecule has 4 heteroatoms. The van der Waals surface area contributed by atoms with Gasteiger partial charge < -0.3 is 13.9 Å². The van der Waals surface area contributed by atoms with Crippen LogP contribution in [-0.4, -0.2) is 32.4 Å². The van der Waals surface area contributed by atoms with Crippen LogP contribution in [-0.2, 0) is 13.9 Å². The summed E-state index contributed by atoms with van der Waals surface area (Å²) in [5, 5.41) is 0.243. The lowest BCUT2D eigenvalue weighted by Gasteiger charge is -2.38. The van der Waals surface area contributed by atoms with Gasteiger partial charge in [0.1, 0.15) is 6.10 Å². The van der Waals surface area contributed by atoms with Gasteiger partial charge in [-0.05, 0) is 58.2 Å². The second-order valence-electron chi connectivity index (χ2n) is 8.86. The van der Waals surface area contributed by atoms with Gasteiger partial charge >= 0.3 is 0 Å². The third kappa shape index (κ3) is 6.47. The van der Waals surface area contributed by atoms with Gasteiger partial charge in [0.25, 0.3) is 0 Å². The Hall–Kier alpha value is -0.423. The molecule has 0 aromatic heterocycles. The predicted octanol–water partition coefficient (Wildman–Crippen LogP) is 5.83. The van der Waals surface area contributed by atoms with Crippen LogP contribution in [0.3, 0.4) is 0 Å². The van der Waals surface area contributed by atoms with Crippen LogP contribution in [0.2, 0.25) is 18.1 Å². The molecule has 0 saturated carbocycles. The van der Waals surface area contributed by atoms with Gasteiger partial charge in [0.05, 0.1) is 6.10 Å². The summed E-state index contributed by atoms with van der Waals surface area (Å²) in [6, 6.07) is 0. The maximum atomic E-state index is 6.40. The summed E-state index contributed by atoms with van der Waals surface area (Å²) in [7, 11) is -1.70. The van der Waals surface area contributed by atoms with E-state index in [2.05, 4.69) is 59.5 Å². The molecular formula is C20H38O3Si. The molecule has 0 aliphatic carbocycles. The molecular weight excluding hydrogens is 316 g/mol. The molecule has 1 heterocycles. The summed E-state index contributed by atoms with van der Waals surface area (Å²) in [6.45, 7) is 21.3. The highest BCUT2D eigenvalue weighted by atomic mass is 28.4. The molecule has 0 radical (unpaired) electrons. The fourth-order valence-electron chi connectivity index (χ4n) is 2.66. The van der Waals surface area contributed by atoms with Crippen molar-refractivity contribution >= 4 is 8.32 Å². The molecule has 0 aromatic carbocycles. The molecule has 0 unspecified atom stereocenters. The average molecular weight is 355 g/mol. The van der Waals surface area contributed by atoms with Crippen LogP contribution < -0.4 is 0 Å². The number of hydrogen-bond acceptors (Lipinski definition) is 3. The zero-order valence-electron chi connectivity index (χ0n) is 17.0. The van der Waals surface area contributed by atoms with Crippen LogP contribution in [0.15, 0.2) is 24.8 Å². The van der Waals surface area contributed by atoms with E-state index < -0.39 is 14.1 Å². The molecule has 0 N–H and O–H groups in total. The first kappa shape index (κ1) is 21.6. The first-order valence-electron chi connectivity index (χ1n) is 9.19. The van der Waals surface area contributed by atoms with Crippen molar-refractivity contribution in [1.82, 2.24) is 0 Å². The van der Waals surface area contributed by atoms with Crippen LogP contribution in [0.25, 0.3) is 0 Å². The minimum Gasteiger partial charge on any atom is -0.414 e. The molecule has 1 fully saturated rings. The highest BCUT2D eigenvalue weighted by Crippen LogP contribution is 2.37. The summed E-state index contributed by atoms with van der Waals surface area (Å²) in [4.78, 5) is 0. The number of rotatable bonds is 8. The third-order valence-corrected chi connectivity index (χ3v) is 9.58. The largest absolute Gasteiger partial charge is 0.414 e. The smallest absolute Gasteiger partial charge is 0.192 e. The lowest BCUT2D eigenvalue weighted by atomic mass is 10.1. The van der Waals surface area contributed by atoms with Gasteiger partial charge in [-0.15, -0.1) is 6.58 Å². The van der Waals surface area contributed by atoms with E-state index in [1.54, 1.807) is 0 Å². The van der Waals surface area contributed by atoms with Crippen LogP contribution in [0.5, 0.6) is 0 Å². The number of allylic oxidation sites excluding steroid dienone is 1. The summed E-state index contributed by atoms with van der Waals surface area (Å²) < 4.78 is 18.4. The van der Waals surface area contributed by atoms with E-state index in [0.717, 1.165) is 19.3 Å². The SMILES string of the molecule is C=CCC[C@@H]1OC(C)(C)O[C@@H]1/C=C/C[C@H](C)O[Si](C)(C)C(C)(C)C. The molecule has 1 rings (SSSR count). The molecule has 3 atom stereocenters. The van der Waals surface area contributed by atoms with Crippen molar-refractivity contribution in [2.75, 3.05) is 0 Å².